The zero-order valence-electron chi connectivity index (χ0n) is 28.1. The van der Waals surface area contributed by atoms with Gasteiger partial charge in [-0.2, -0.15) is 0 Å². The summed E-state index contributed by atoms with van der Waals surface area (Å²) < 4.78 is 79.2. The molecule has 53 heavy (non-hydrogen) atoms. The molecule has 274 valence electrons. The van der Waals surface area contributed by atoms with Crippen LogP contribution in [0, 0.1) is 0 Å². The van der Waals surface area contributed by atoms with Gasteiger partial charge in [-0.15, -0.1) is 13.2 Å². The summed E-state index contributed by atoms with van der Waals surface area (Å²) in [6.45, 7) is 0.245. The van der Waals surface area contributed by atoms with E-state index in [2.05, 4.69) is 14.0 Å². The molecule has 8 nitrogen and oxygen atoms in total. The van der Waals surface area contributed by atoms with E-state index in [0.29, 0.717) is 22.8 Å². The van der Waals surface area contributed by atoms with Gasteiger partial charge in [-0.3, -0.25) is 0 Å². The predicted octanol–water partition coefficient (Wildman–Crippen LogP) is 8.81. The molecule has 5 aromatic carbocycles. The van der Waals surface area contributed by atoms with Crippen molar-refractivity contribution in [2.75, 3.05) is 13.2 Å². The lowest BCUT2D eigenvalue weighted by Crippen LogP contribution is -2.28. The molecule has 0 bridgehead atoms. The number of sulfonamides is 1. The van der Waals surface area contributed by atoms with Gasteiger partial charge in [0.25, 0.3) is 0 Å². The molecule has 6 aromatic rings. The number of aromatic nitrogens is 1. The number of carbonyl (C=O) groups is 1. The maximum Gasteiger partial charge on any atom is 0.573 e. The molecule has 0 saturated carbocycles. The van der Waals surface area contributed by atoms with Crippen LogP contribution in [0.25, 0.3) is 10.9 Å². The molecule has 1 heterocycles. The number of halogens is 4. The number of benzene rings is 5. The first kappa shape index (κ1) is 37.5. The molecule has 0 radical (unpaired) electrons. The number of nitrogens with zero attached hydrogens (tertiary/aromatic N) is 1. The second-order valence-electron chi connectivity index (χ2n) is 12.2. The third-order valence-corrected chi connectivity index (χ3v) is 10.2. The Bertz CT molecular complexity index is 2240. The first-order valence-corrected chi connectivity index (χ1v) is 18.6. The number of rotatable bonds is 15. The monoisotopic (exact) mass is 762 g/mol. The number of fused-ring (bicyclic) bond motifs is 1. The Hall–Kier alpha value is -5.30. The van der Waals surface area contributed by atoms with E-state index < -0.39 is 33.9 Å². The van der Waals surface area contributed by atoms with Gasteiger partial charge in [0.2, 0.25) is 10.0 Å². The summed E-state index contributed by atoms with van der Waals surface area (Å²) >= 11 is 6.57. The molecule has 0 saturated heterocycles. The largest absolute Gasteiger partial charge is 0.573 e. The van der Waals surface area contributed by atoms with Crippen molar-refractivity contribution in [2.45, 2.75) is 31.0 Å². The predicted molar refractivity (Wildman–Crippen MR) is 197 cm³/mol. The van der Waals surface area contributed by atoms with Gasteiger partial charge in [0, 0.05) is 41.0 Å². The lowest BCUT2D eigenvalue weighted by atomic mass is 9.97. The Kier molecular flexibility index (Phi) is 11.4. The van der Waals surface area contributed by atoms with E-state index in [-0.39, 0.29) is 31.2 Å². The highest BCUT2D eigenvalue weighted by Crippen LogP contribution is 2.38. The van der Waals surface area contributed by atoms with Crippen LogP contribution in [-0.4, -0.2) is 43.6 Å². The standard InChI is InChI=1S/C40H34ClF3N2O6S/c41-31-15-20-36-35(25-31)34(22-24-51-32-18-13-30(14-19-32)39(47)48)37(46(36)38(28-7-3-1-4-8-28)29-9-5-2-6-10-29)21-23-45-53(49,50)26-27-11-16-33(17-12-27)52-40(42,43)44/h1-20,25,38,45H,21-24,26H2,(H,47,48). The fraction of sp³-hybridized carbons (Fsp3) is 0.175. The highest BCUT2D eigenvalue weighted by Gasteiger charge is 2.31. The van der Waals surface area contributed by atoms with Gasteiger partial charge in [-0.05, 0) is 76.9 Å². The van der Waals surface area contributed by atoms with Crippen molar-refractivity contribution < 1.29 is 41.0 Å². The maximum atomic E-state index is 13.3. The zero-order valence-corrected chi connectivity index (χ0v) is 29.7. The van der Waals surface area contributed by atoms with Crippen LogP contribution in [0.3, 0.4) is 0 Å². The normalized spacial score (nSPS) is 11.9. The lowest BCUT2D eigenvalue weighted by Gasteiger charge is -2.25. The average Bonchev–Trinajstić information content (AvgIpc) is 3.41. The number of carboxylic acid groups (broad SMARTS) is 1. The third kappa shape index (κ3) is 9.58. The molecular weight excluding hydrogens is 729 g/mol. The van der Waals surface area contributed by atoms with Crippen LogP contribution in [0.1, 0.15) is 44.3 Å². The Morgan fingerprint density at radius 2 is 1.42 bits per heavy atom. The second kappa shape index (κ2) is 16.2. The summed E-state index contributed by atoms with van der Waals surface area (Å²) in [6.07, 6.45) is -4.18. The molecule has 0 fully saturated rings. The number of alkyl halides is 3. The van der Waals surface area contributed by atoms with E-state index in [1.54, 1.807) is 12.1 Å². The Balaban J connectivity index is 1.35. The van der Waals surface area contributed by atoms with Crippen molar-refractivity contribution in [3.63, 3.8) is 0 Å². The van der Waals surface area contributed by atoms with Gasteiger partial charge >= 0.3 is 12.3 Å². The number of ether oxygens (including phenoxy) is 2. The Morgan fingerprint density at radius 3 is 2.00 bits per heavy atom. The van der Waals surface area contributed by atoms with Gasteiger partial charge in [-0.25, -0.2) is 17.9 Å². The molecule has 2 N–H and O–H groups in total. The number of nitrogens with one attached hydrogen (secondary N) is 1. The lowest BCUT2D eigenvalue weighted by molar-refractivity contribution is -0.274. The van der Waals surface area contributed by atoms with Crippen LogP contribution in [0.5, 0.6) is 11.5 Å². The van der Waals surface area contributed by atoms with Crippen molar-refractivity contribution in [3.05, 3.63) is 166 Å². The minimum atomic E-state index is -4.86. The first-order chi connectivity index (χ1) is 25.4. The summed E-state index contributed by atoms with van der Waals surface area (Å²) in [7, 11) is -3.91. The molecule has 0 amide bonds. The van der Waals surface area contributed by atoms with Gasteiger partial charge in [0.15, 0.2) is 0 Å². The molecule has 1 aromatic heterocycles. The number of aromatic carboxylic acids is 1. The highest BCUT2D eigenvalue weighted by molar-refractivity contribution is 7.88. The van der Waals surface area contributed by atoms with Crippen LogP contribution in [0.4, 0.5) is 13.2 Å². The van der Waals surface area contributed by atoms with Crippen LogP contribution >= 0.6 is 11.6 Å². The molecule has 6 rings (SSSR count). The minimum Gasteiger partial charge on any atom is -0.493 e. The van der Waals surface area contributed by atoms with Crippen molar-refractivity contribution in [3.8, 4) is 11.5 Å². The Morgan fingerprint density at radius 1 is 0.811 bits per heavy atom. The molecule has 0 atom stereocenters. The van der Waals surface area contributed by atoms with E-state index in [1.165, 1.54) is 24.3 Å². The Labute approximate surface area is 309 Å². The fourth-order valence-electron chi connectivity index (χ4n) is 6.36. The van der Waals surface area contributed by atoms with E-state index in [0.717, 1.165) is 45.4 Å². The van der Waals surface area contributed by atoms with Gasteiger partial charge < -0.3 is 19.1 Å². The van der Waals surface area contributed by atoms with Crippen LogP contribution < -0.4 is 14.2 Å². The molecule has 13 heteroatoms. The highest BCUT2D eigenvalue weighted by atomic mass is 35.5. The smallest absolute Gasteiger partial charge is 0.493 e. The minimum absolute atomic E-state index is 0.0163. The third-order valence-electron chi connectivity index (χ3n) is 8.59. The topological polar surface area (TPSA) is 107 Å². The van der Waals surface area contributed by atoms with Crippen molar-refractivity contribution in [1.29, 1.82) is 0 Å². The van der Waals surface area contributed by atoms with Crippen LogP contribution in [0.2, 0.25) is 5.02 Å². The zero-order chi connectivity index (χ0) is 37.6. The number of carboxylic acids is 1. The molecular formula is C40H34ClF3N2O6S. The first-order valence-electron chi connectivity index (χ1n) is 16.6. The molecule has 0 spiro atoms. The van der Waals surface area contributed by atoms with E-state index in [1.807, 2.05) is 78.9 Å². The maximum absolute atomic E-state index is 13.3. The van der Waals surface area contributed by atoms with Crippen molar-refractivity contribution in [2.24, 2.45) is 0 Å². The summed E-state index contributed by atoms with van der Waals surface area (Å²) in [5, 5.41) is 10.7. The van der Waals surface area contributed by atoms with Crippen LogP contribution in [0.15, 0.2) is 127 Å². The number of hydrogen-bond donors (Lipinski definition) is 2. The molecule has 0 unspecified atom stereocenters. The average molecular weight is 763 g/mol. The van der Waals surface area contributed by atoms with Gasteiger partial charge in [0.1, 0.15) is 11.5 Å². The molecule has 0 aliphatic carbocycles. The summed E-state index contributed by atoms with van der Waals surface area (Å²) in [5.41, 5.74) is 5.07. The number of hydrogen-bond acceptors (Lipinski definition) is 5. The van der Waals surface area contributed by atoms with Crippen molar-refractivity contribution in [1.82, 2.24) is 9.29 Å². The van der Waals surface area contributed by atoms with E-state index in [9.17, 15) is 31.5 Å². The summed E-state index contributed by atoms with van der Waals surface area (Å²) in [6, 6.07) is 36.1. The van der Waals surface area contributed by atoms with E-state index in [4.69, 9.17) is 16.3 Å². The van der Waals surface area contributed by atoms with Crippen LogP contribution in [-0.2, 0) is 28.6 Å². The SMILES string of the molecule is O=C(O)c1ccc(OCCc2c(CCNS(=O)(=O)Cc3ccc(OC(F)(F)F)cc3)n(C(c3ccccc3)c3ccccc3)c3ccc(Cl)cc23)cc1. The van der Waals surface area contributed by atoms with Gasteiger partial charge in [-0.1, -0.05) is 84.4 Å². The quantitative estimate of drug-likeness (QED) is 0.108. The summed E-state index contributed by atoms with van der Waals surface area (Å²) in [5.74, 6) is -1.44. The van der Waals surface area contributed by atoms with E-state index >= 15 is 0 Å². The molecule has 0 aliphatic rings. The summed E-state index contributed by atoms with van der Waals surface area (Å²) in [4.78, 5) is 11.3. The fourth-order valence-corrected chi connectivity index (χ4v) is 7.68. The second-order valence-corrected chi connectivity index (χ2v) is 14.4. The van der Waals surface area contributed by atoms with Crippen molar-refractivity contribution >= 4 is 38.5 Å². The van der Waals surface area contributed by atoms with Gasteiger partial charge in [0.05, 0.1) is 24.0 Å². The molecule has 0 aliphatic heterocycles.